The minimum Gasteiger partial charge on any atom is -0.328 e. The van der Waals surface area contributed by atoms with Crippen LogP contribution >= 0.6 is 85.2 Å². The number of nitrogens with zero attached hydrogens (tertiary/aromatic N) is 30. The zero-order chi connectivity index (χ0) is 99.0. The molecule has 0 atom stereocenters. The van der Waals surface area contributed by atoms with Gasteiger partial charge in [-0.1, -0.05) is 46.0 Å². The molecular weight excluding hydrogens is 2060 g/mol. The van der Waals surface area contributed by atoms with E-state index in [9.17, 15) is 4.39 Å². The third-order valence-electron chi connectivity index (χ3n) is 22.3. The number of H-pyrrole nitrogens is 5. The smallest absolute Gasteiger partial charge is 0.180 e. The molecule has 0 aliphatic heterocycles. The molecule has 0 aliphatic rings. The zero-order valence-electron chi connectivity index (χ0n) is 77.7. The molecule has 0 fully saturated rings. The van der Waals surface area contributed by atoms with Gasteiger partial charge in [0.05, 0.1) is 169 Å². The van der Waals surface area contributed by atoms with Crippen LogP contribution in [-0.2, 0) is 32.1 Å². The second-order valence-corrected chi connectivity index (χ2v) is 38.4. The van der Waals surface area contributed by atoms with E-state index in [0.717, 1.165) is 199 Å². The Morgan fingerprint density at radius 3 is 0.845 bits per heavy atom. The number of hydrogen-bond donors (Lipinski definition) is 10. The molecule has 48 heteroatoms. The molecule has 0 aliphatic carbocycles. The number of aromatic amines is 5. The molecule has 0 spiro atoms. The van der Waals surface area contributed by atoms with Gasteiger partial charge in [0.15, 0.2) is 57.3 Å². The van der Waals surface area contributed by atoms with E-state index in [1.54, 1.807) is 61.8 Å². The van der Waals surface area contributed by atoms with Gasteiger partial charge in [0, 0.05) is 169 Å². The van der Waals surface area contributed by atoms with Crippen LogP contribution < -0.4 is 26.6 Å². The van der Waals surface area contributed by atoms with E-state index in [1.165, 1.54) is 63.7 Å². The minimum atomic E-state index is -0.332. The summed E-state index contributed by atoms with van der Waals surface area (Å²) in [4.78, 5) is 67.6. The Labute approximate surface area is 878 Å². The van der Waals surface area contributed by atoms with Crippen molar-refractivity contribution in [3.63, 3.8) is 0 Å². The van der Waals surface area contributed by atoms with E-state index in [1.807, 2.05) is 236 Å². The van der Waals surface area contributed by atoms with Crippen LogP contribution in [-0.4, -0.2) is 170 Å². The molecule has 744 valence electrons. The molecule has 0 amide bonds. The molecule has 25 aromatic rings. The number of nitrogens with one attached hydrogen (secondary N) is 10. The summed E-state index contributed by atoms with van der Waals surface area (Å²) in [7, 11) is 0. The Morgan fingerprint density at radius 1 is 0.304 bits per heavy atom. The van der Waals surface area contributed by atoms with Crippen molar-refractivity contribution in [2.45, 2.75) is 103 Å². The predicted octanol–water partition coefficient (Wildman–Crippen LogP) is 22.1. The maximum Gasteiger partial charge on any atom is 0.180 e. The van der Waals surface area contributed by atoms with Crippen LogP contribution in [0.1, 0.15) is 119 Å². The first kappa shape index (κ1) is 101. The van der Waals surface area contributed by atoms with Crippen LogP contribution in [0.2, 0.25) is 5.02 Å². The molecule has 25 rings (SSSR count). The van der Waals surface area contributed by atoms with Gasteiger partial charge in [-0.2, -0.15) is 47.4 Å². The van der Waals surface area contributed by atoms with Gasteiger partial charge in [0.2, 0.25) is 0 Å². The highest BCUT2D eigenvalue weighted by atomic mass is 79.9. The average molecular weight is 2150 g/mol. The van der Waals surface area contributed by atoms with Crippen molar-refractivity contribution in [1.82, 2.24) is 170 Å². The fourth-order valence-corrected chi connectivity index (χ4v) is 19.5. The van der Waals surface area contributed by atoms with Gasteiger partial charge < -0.3 is 26.6 Å². The standard InChI is InChI=1S/2C20H18N8S.C19H15BrN8S.C19H15ClN8S.C19H15FN8S.3CH4/c2*1-12-3-4-15(21-7-12)5-16-6-18(29-27-16)26-19-20-22-10-17(14-8-23-24-9-14)28(20)11-13(2)25-19;3*1-11-10-28-16(12-7-23-24-8-12)9-22-19(28)18(25-11)26-17-6-13(27-29-17)5-15-14(20)3-2-4-21-15;;;/h2*3-4,6-11H,5H2,1-2H3,(H,23,24)(H,25,26);3*2-4,6-10H,5H2,1H3,(H,23,24)(H,25,26);3*1H4. The summed E-state index contributed by atoms with van der Waals surface area (Å²) < 4.78 is 47.4. The fraction of sp³-hybridized carbons (Fsp3) is 0.150. The number of fused-ring (bicyclic) bond motifs is 5. The van der Waals surface area contributed by atoms with Crippen molar-refractivity contribution in [1.29, 1.82) is 0 Å². The molecule has 0 radical (unpaired) electrons. The number of pyridine rings is 5. The molecule has 0 saturated carbocycles. The van der Waals surface area contributed by atoms with Crippen molar-refractivity contribution >= 4 is 168 Å². The number of hydrogen-bond acceptors (Lipinski definition) is 35. The largest absolute Gasteiger partial charge is 0.328 e. The van der Waals surface area contributed by atoms with E-state index < -0.39 is 0 Å². The van der Waals surface area contributed by atoms with Crippen molar-refractivity contribution < 1.29 is 4.39 Å². The molecule has 25 heterocycles. The Hall–Kier alpha value is -17.3. The minimum absolute atomic E-state index is 0. The number of imidazole rings is 5. The number of rotatable bonds is 25. The van der Waals surface area contributed by atoms with Crippen LogP contribution in [0.5, 0.6) is 0 Å². The Balaban J connectivity index is 0.000000120. The molecule has 0 unspecified atom stereocenters. The molecule has 25 aromatic heterocycles. The van der Waals surface area contributed by atoms with Gasteiger partial charge in [0.1, 0.15) is 30.8 Å². The summed E-state index contributed by atoms with van der Waals surface area (Å²) >= 11 is 16.6. The Bertz CT molecular complexity index is 8080. The lowest BCUT2D eigenvalue weighted by Gasteiger charge is -2.07. The summed E-state index contributed by atoms with van der Waals surface area (Å²) in [5.74, 6) is 3.05. The lowest BCUT2D eigenvalue weighted by atomic mass is 10.2. The molecule has 148 heavy (non-hydrogen) atoms. The molecule has 10 N–H and O–H groups in total. The van der Waals surface area contributed by atoms with Gasteiger partial charge in [-0.15, -0.1) is 0 Å². The summed E-state index contributed by atoms with van der Waals surface area (Å²) in [6, 6.07) is 28.7. The monoisotopic (exact) mass is 2150 g/mol. The molecule has 0 bridgehead atoms. The maximum absolute atomic E-state index is 13.8. The second kappa shape index (κ2) is 45.4. The van der Waals surface area contributed by atoms with E-state index in [4.69, 9.17) is 11.6 Å². The SMILES string of the molecule is C.C.C.Cc1ccc(Cc2cc(Nc3nc(C)cn4c(-c5cn[nH]c5)cnc34)sn2)nc1.Cc1ccc(Cc2cc(Nc3nc(C)cn4c(-c5cn[nH]c5)cnc34)sn2)nc1.Cc1cn2c(-c3cn[nH]c3)cnc2c(Nc2cc(Cc3ncccc3Br)ns2)n1.Cc1cn2c(-c3cn[nH]c3)cnc2c(Nc2cc(Cc3ncccc3Cl)ns2)n1.Cc1cn2c(-c3cn[nH]c3)cnc2c(Nc2cc(Cc3ncccc3F)ns2)n1. The van der Waals surface area contributed by atoms with Crippen molar-refractivity contribution in [3.05, 3.63) is 358 Å². The van der Waals surface area contributed by atoms with Gasteiger partial charge in [0.25, 0.3) is 0 Å². The fourth-order valence-electron chi connectivity index (χ4n) is 15.6. The van der Waals surface area contributed by atoms with E-state index in [-0.39, 0.29) is 28.1 Å². The van der Waals surface area contributed by atoms with Crippen LogP contribution in [0.25, 0.3) is 84.5 Å². The first-order valence-corrected chi connectivity index (χ1v) is 49.8. The lowest BCUT2D eigenvalue weighted by molar-refractivity contribution is 0.603. The van der Waals surface area contributed by atoms with Gasteiger partial charge in [-0.05, 0) is 212 Å². The van der Waals surface area contributed by atoms with Gasteiger partial charge in [-0.25, -0.2) is 54.2 Å². The molecule has 0 saturated heterocycles. The number of aromatic nitrogens is 35. The Morgan fingerprint density at radius 2 is 0.574 bits per heavy atom. The highest BCUT2D eigenvalue weighted by molar-refractivity contribution is 9.10. The summed E-state index contributed by atoms with van der Waals surface area (Å²) in [6.07, 6.45) is 48.7. The number of anilines is 10. The third-order valence-corrected chi connectivity index (χ3v) is 27.0. The van der Waals surface area contributed by atoms with Gasteiger partial charge in [-0.3, -0.25) is 72.4 Å². The maximum atomic E-state index is 13.8. The highest BCUT2D eigenvalue weighted by Crippen LogP contribution is 2.37. The first-order chi connectivity index (χ1) is 70.8. The summed E-state index contributed by atoms with van der Waals surface area (Å²) in [6.45, 7) is 13.8. The lowest BCUT2D eigenvalue weighted by Crippen LogP contribution is -2.00. The summed E-state index contributed by atoms with van der Waals surface area (Å²) in [5.41, 5.74) is 28.5. The molecular formula is C100H93BrClFN40S5. The number of aryl methyl sites for hydroxylation is 7. The van der Waals surface area contributed by atoms with Crippen molar-refractivity contribution in [2.24, 2.45) is 0 Å². The first-order valence-electron chi connectivity index (χ1n) is 44.8. The topological polar surface area (TPSA) is 483 Å². The van der Waals surface area contributed by atoms with Crippen LogP contribution in [0, 0.1) is 54.3 Å². The third kappa shape index (κ3) is 23.2. The van der Waals surface area contributed by atoms with E-state index >= 15 is 0 Å². The second-order valence-electron chi connectivity index (χ2n) is 33.1. The average Bonchev–Trinajstić information content (AvgIpc) is 1.65. The highest BCUT2D eigenvalue weighted by Gasteiger charge is 2.23. The normalized spacial score (nSPS) is 11.0. The molecule has 40 nitrogen and oxygen atoms in total. The van der Waals surface area contributed by atoms with E-state index in [2.05, 4.69) is 202 Å². The molecule has 0 aromatic carbocycles. The van der Waals surface area contributed by atoms with Crippen molar-refractivity contribution in [3.8, 4) is 56.3 Å². The van der Waals surface area contributed by atoms with E-state index in [0.29, 0.717) is 77.6 Å². The zero-order valence-corrected chi connectivity index (χ0v) is 84.1. The van der Waals surface area contributed by atoms with Crippen LogP contribution in [0.3, 0.4) is 0 Å². The predicted molar refractivity (Wildman–Crippen MR) is 581 cm³/mol. The van der Waals surface area contributed by atoms with Crippen LogP contribution in [0.4, 0.5) is 58.5 Å². The van der Waals surface area contributed by atoms with Crippen LogP contribution in [0.15, 0.2) is 250 Å². The van der Waals surface area contributed by atoms with Gasteiger partial charge >= 0.3 is 0 Å². The number of halogens is 3. The summed E-state index contributed by atoms with van der Waals surface area (Å²) in [5, 5.41) is 56.1. The Kier molecular flexibility index (Phi) is 30.9. The van der Waals surface area contributed by atoms with Crippen molar-refractivity contribution in [2.75, 3.05) is 26.6 Å². The quantitative estimate of drug-likeness (QED) is 0.0254.